The summed E-state index contributed by atoms with van der Waals surface area (Å²) in [5.74, 6) is 0.182. The Labute approximate surface area is 142 Å². The van der Waals surface area contributed by atoms with Gasteiger partial charge in [-0.1, -0.05) is 12.8 Å². The fourth-order valence-corrected chi connectivity index (χ4v) is 3.15. The van der Waals surface area contributed by atoms with Gasteiger partial charge in [-0.25, -0.2) is 4.79 Å². The Balaban J connectivity index is 2.06. The van der Waals surface area contributed by atoms with Gasteiger partial charge in [0.25, 0.3) is 0 Å². The molecule has 0 spiro atoms. The Kier molecular flexibility index (Phi) is 4.88. The highest BCUT2D eigenvalue weighted by atomic mass is 16.2. The van der Waals surface area contributed by atoms with Gasteiger partial charge in [0.05, 0.1) is 11.0 Å². The van der Waals surface area contributed by atoms with E-state index in [1.807, 2.05) is 25.3 Å². The van der Waals surface area contributed by atoms with Crippen molar-refractivity contribution in [1.29, 1.82) is 5.26 Å². The standard InChI is InChI=1S/C17H25N5O2/c1-16(2,3)22-10-12(9-18)8-13(22)21-15(24)20-11-17(14(19)23)6-4-5-7-17/h8,10H,4-7,11H2,1-3H3,(H2,19,23)(H2,20,21,24). The van der Waals surface area contributed by atoms with Crippen LogP contribution in [0.2, 0.25) is 0 Å². The van der Waals surface area contributed by atoms with Crippen molar-refractivity contribution in [1.82, 2.24) is 9.88 Å². The van der Waals surface area contributed by atoms with Crippen LogP contribution >= 0.6 is 0 Å². The second-order valence-corrected chi connectivity index (χ2v) is 7.43. The van der Waals surface area contributed by atoms with E-state index in [0.29, 0.717) is 24.2 Å². The first-order valence-corrected chi connectivity index (χ1v) is 8.16. The van der Waals surface area contributed by atoms with Gasteiger partial charge < -0.3 is 15.6 Å². The molecule has 0 radical (unpaired) electrons. The maximum atomic E-state index is 12.2. The zero-order chi connectivity index (χ0) is 18.0. The Morgan fingerprint density at radius 1 is 1.38 bits per heavy atom. The topological polar surface area (TPSA) is 113 Å². The Hall–Kier alpha value is -2.49. The normalized spacial score (nSPS) is 16.4. The first-order chi connectivity index (χ1) is 11.2. The Bertz CT molecular complexity index is 672. The molecule has 1 aliphatic carbocycles. The molecule has 7 nitrogen and oxygen atoms in total. The van der Waals surface area contributed by atoms with Crippen molar-refractivity contribution in [2.24, 2.45) is 11.1 Å². The first-order valence-electron chi connectivity index (χ1n) is 8.16. The van der Waals surface area contributed by atoms with E-state index in [9.17, 15) is 9.59 Å². The largest absolute Gasteiger partial charge is 0.369 e. The number of carbonyl (C=O) groups excluding carboxylic acids is 2. The van der Waals surface area contributed by atoms with E-state index >= 15 is 0 Å². The summed E-state index contributed by atoms with van der Waals surface area (Å²) in [6, 6.07) is 3.30. The number of anilines is 1. The summed E-state index contributed by atoms with van der Waals surface area (Å²) >= 11 is 0. The number of aromatic nitrogens is 1. The highest BCUT2D eigenvalue weighted by Gasteiger charge is 2.39. The summed E-state index contributed by atoms with van der Waals surface area (Å²) < 4.78 is 1.84. The molecule has 24 heavy (non-hydrogen) atoms. The Morgan fingerprint density at radius 2 is 2.00 bits per heavy atom. The lowest BCUT2D eigenvalue weighted by Crippen LogP contribution is -2.46. The van der Waals surface area contributed by atoms with Gasteiger partial charge in [-0.05, 0) is 39.7 Å². The van der Waals surface area contributed by atoms with Crippen LogP contribution in [0.15, 0.2) is 12.3 Å². The maximum absolute atomic E-state index is 12.2. The lowest BCUT2D eigenvalue weighted by Gasteiger charge is -2.26. The van der Waals surface area contributed by atoms with Crippen molar-refractivity contribution in [3.05, 3.63) is 17.8 Å². The van der Waals surface area contributed by atoms with E-state index in [4.69, 9.17) is 11.0 Å². The van der Waals surface area contributed by atoms with Crippen LogP contribution in [0, 0.1) is 16.7 Å². The van der Waals surface area contributed by atoms with Gasteiger partial charge in [-0.15, -0.1) is 0 Å². The number of hydrogen-bond donors (Lipinski definition) is 3. The zero-order valence-electron chi connectivity index (χ0n) is 14.5. The molecule has 1 aromatic rings. The van der Waals surface area contributed by atoms with E-state index in [2.05, 4.69) is 16.7 Å². The van der Waals surface area contributed by atoms with Crippen LogP contribution in [-0.4, -0.2) is 23.1 Å². The summed E-state index contributed by atoms with van der Waals surface area (Å²) in [4.78, 5) is 24.0. The average molecular weight is 331 g/mol. The van der Waals surface area contributed by atoms with Crippen molar-refractivity contribution in [2.75, 3.05) is 11.9 Å². The molecule has 0 unspecified atom stereocenters. The highest BCUT2D eigenvalue weighted by Crippen LogP contribution is 2.37. The minimum atomic E-state index is -0.638. The summed E-state index contributed by atoms with van der Waals surface area (Å²) in [5, 5.41) is 14.6. The molecule has 4 N–H and O–H groups in total. The van der Waals surface area contributed by atoms with Crippen LogP contribution < -0.4 is 16.4 Å². The number of primary amides is 1. The molecule has 7 heteroatoms. The number of rotatable bonds is 4. The molecule has 1 aliphatic rings. The number of nitrogens with one attached hydrogen (secondary N) is 2. The van der Waals surface area contributed by atoms with Gasteiger partial charge in [0, 0.05) is 18.3 Å². The second kappa shape index (κ2) is 6.56. The second-order valence-electron chi connectivity index (χ2n) is 7.43. The van der Waals surface area contributed by atoms with Gasteiger partial charge in [-0.3, -0.25) is 10.1 Å². The summed E-state index contributed by atoms with van der Waals surface area (Å²) in [6.45, 7) is 6.18. The minimum absolute atomic E-state index is 0.232. The van der Waals surface area contributed by atoms with Gasteiger partial charge in [0.2, 0.25) is 5.91 Å². The number of nitrogens with zero attached hydrogens (tertiary/aromatic N) is 2. The van der Waals surface area contributed by atoms with Gasteiger partial charge in [-0.2, -0.15) is 5.26 Å². The molecular formula is C17H25N5O2. The van der Waals surface area contributed by atoms with Crippen LogP contribution in [0.3, 0.4) is 0 Å². The minimum Gasteiger partial charge on any atom is -0.369 e. The molecule has 1 heterocycles. The lowest BCUT2D eigenvalue weighted by atomic mass is 9.85. The van der Waals surface area contributed by atoms with Crippen molar-refractivity contribution in [2.45, 2.75) is 52.0 Å². The number of carbonyl (C=O) groups is 2. The van der Waals surface area contributed by atoms with Gasteiger partial charge in [0.15, 0.2) is 0 Å². The molecule has 0 saturated heterocycles. The number of hydrogen-bond acceptors (Lipinski definition) is 3. The smallest absolute Gasteiger partial charge is 0.320 e. The monoisotopic (exact) mass is 331 g/mol. The van der Waals surface area contributed by atoms with Crippen molar-refractivity contribution in [3.8, 4) is 6.07 Å². The fraction of sp³-hybridized carbons (Fsp3) is 0.588. The molecule has 1 saturated carbocycles. The first kappa shape index (κ1) is 17.9. The molecule has 3 amide bonds. The molecule has 1 aromatic heterocycles. The van der Waals surface area contributed by atoms with Crippen LogP contribution in [0.1, 0.15) is 52.0 Å². The number of nitriles is 1. The van der Waals surface area contributed by atoms with Crippen LogP contribution in [0.5, 0.6) is 0 Å². The van der Waals surface area contributed by atoms with E-state index in [-0.39, 0.29) is 18.0 Å². The molecule has 2 rings (SSSR count). The third kappa shape index (κ3) is 3.70. The van der Waals surface area contributed by atoms with Gasteiger partial charge in [0.1, 0.15) is 11.9 Å². The zero-order valence-corrected chi connectivity index (χ0v) is 14.5. The summed E-state index contributed by atoms with van der Waals surface area (Å²) in [5.41, 5.74) is 5.08. The lowest BCUT2D eigenvalue weighted by molar-refractivity contribution is -0.127. The van der Waals surface area contributed by atoms with Crippen molar-refractivity contribution in [3.63, 3.8) is 0 Å². The third-order valence-electron chi connectivity index (χ3n) is 4.58. The van der Waals surface area contributed by atoms with Gasteiger partial charge >= 0.3 is 6.03 Å². The quantitative estimate of drug-likeness (QED) is 0.786. The predicted molar refractivity (Wildman–Crippen MR) is 91.3 cm³/mol. The van der Waals surface area contributed by atoms with E-state index in [1.54, 1.807) is 12.3 Å². The third-order valence-corrected chi connectivity index (χ3v) is 4.58. The SMILES string of the molecule is CC(C)(C)n1cc(C#N)cc1NC(=O)NCC1(C(N)=O)CCCC1. The van der Waals surface area contributed by atoms with Crippen molar-refractivity contribution < 1.29 is 9.59 Å². The van der Waals surface area contributed by atoms with E-state index in [1.165, 1.54) is 0 Å². The molecule has 1 fully saturated rings. The molecule has 0 aliphatic heterocycles. The number of amides is 3. The van der Waals surface area contributed by atoms with Crippen LogP contribution in [0.4, 0.5) is 10.6 Å². The average Bonchev–Trinajstić information content (AvgIpc) is 3.11. The van der Waals surface area contributed by atoms with E-state index < -0.39 is 11.4 Å². The molecular weight excluding hydrogens is 306 g/mol. The highest BCUT2D eigenvalue weighted by molar-refractivity contribution is 5.89. The molecule has 130 valence electrons. The number of urea groups is 1. The molecule has 0 aromatic carbocycles. The van der Waals surface area contributed by atoms with Crippen molar-refractivity contribution >= 4 is 17.8 Å². The molecule has 0 atom stereocenters. The molecule has 0 bridgehead atoms. The van der Waals surface area contributed by atoms with Crippen LogP contribution in [-0.2, 0) is 10.3 Å². The van der Waals surface area contributed by atoms with E-state index in [0.717, 1.165) is 12.8 Å². The number of nitrogens with two attached hydrogens (primary N) is 1. The fourth-order valence-electron chi connectivity index (χ4n) is 3.15. The predicted octanol–water partition coefficient (Wildman–Crippen LogP) is 2.28. The Morgan fingerprint density at radius 3 is 2.50 bits per heavy atom. The summed E-state index contributed by atoms with van der Waals surface area (Å²) in [7, 11) is 0. The summed E-state index contributed by atoms with van der Waals surface area (Å²) in [6.07, 6.45) is 5.02. The van der Waals surface area contributed by atoms with Crippen LogP contribution in [0.25, 0.3) is 0 Å². The maximum Gasteiger partial charge on any atom is 0.320 e.